The first-order valence-corrected chi connectivity index (χ1v) is 34.6. The zero-order valence-corrected chi connectivity index (χ0v) is 53.8. The molecule has 0 unspecified atom stereocenters. The molecule has 8 nitrogen and oxygen atoms in total. The largest absolute Gasteiger partial charge is 0.508 e. The fourth-order valence-electron chi connectivity index (χ4n) is 12.5. The maximum absolute atomic E-state index is 10.5. The van der Waals surface area contributed by atoms with Crippen LogP contribution in [0.15, 0.2) is 121 Å². The van der Waals surface area contributed by atoms with Gasteiger partial charge in [0.25, 0.3) is 0 Å². The number of ether oxygens (including phenoxy) is 3. The molecule has 3 N–H and O–H groups in total. The van der Waals surface area contributed by atoms with Gasteiger partial charge in [-0.15, -0.1) is 0 Å². The van der Waals surface area contributed by atoms with Crippen LogP contribution in [0.3, 0.4) is 0 Å². The molecular weight excluding hydrogens is 1080 g/mol. The third-order valence-electron chi connectivity index (χ3n) is 17.6. The molecule has 4 aromatic carbocycles. The van der Waals surface area contributed by atoms with E-state index in [-0.39, 0.29) is 5.75 Å². The van der Waals surface area contributed by atoms with Crippen molar-refractivity contribution in [1.82, 2.24) is 19.9 Å². The van der Waals surface area contributed by atoms with E-state index in [1.54, 1.807) is 12.1 Å². The van der Waals surface area contributed by atoms with Crippen LogP contribution in [0.1, 0.15) is 236 Å². The van der Waals surface area contributed by atoms with Crippen LogP contribution in [0.2, 0.25) is 0 Å². The van der Waals surface area contributed by atoms with Gasteiger partial charge in [0.15, 0.2) is 0 Å². The van der Waals surface area contributed by atoms with Gasteiger partial charge in [0.1, 0.15) is 23.0 Å². The quantitative estimate of drug-likeness (QED) is 0.0331. The molecule has 7 aromatic rings. The number of hydrogen-bond donors (Lipinski definition) is 3. The van der Waals surface area contributed by atoms with Crippen molar-refractivity contribution in [2.45, 2.75) is 213 Å². The van der Waals surface area contributed by atoms with Crippen LogP contribution in [0.5, 0.6) is 23.0 Å². The Kier molecular flexibility index (Phi) is 26.8. The summed E-state index contributed by atoms with van der Waals surface area (Å²) in [4.78, 5) is 18.9. The third-order valence-corrected chi connectivity index (χ3v) is 17.6. The Morgan fingerprint density at radius 3 is 0.727 bits per heavy atom. The van der Waals surface area contributed by atoms with E-state index in [4.69, 9.17) is 24.2 Å². The number of aromatic hydroxyl groups is 1. The van der Waals surface area contributed by atoms with Crippen LogP contribution in [0, 0.1) is 0 Å². The van der Waals surface area contributed by atoms with Crippen molar-refractivity contribution in [2.75, 3.05) is 19.8 Å². The van der Waals surface area contributed by atoms with Gasteiger partial charge >= 0.3 is 0 Å². The fourth-order valence-corrected chi connectivity index (χ4v) is 12.5. The minimum Gasteiger partial charge on any atom is -0.508 e. The maximum atomic E-state index is 10.5. The van der Waals surface area contributed by atoms with Crippen LogP contribution >= 0.6 is 0 Å². The molecule has 0 fully saturated rings. The molecule has 0 saturated heterocycles. The average Bonchev–Trinajstić information content (AvgIpc) is 1.78. The molecular formula is C80H102N4O4. The number of nitrogens with one attached hydrogen (secondary N) is 2. The Morgan fingerprint density at radius 1 is 0.273 bits per heavy atom. The second kappa shape index (κ2) is 36.2. The third kappa shape index (κ3) is 19.6. The summed E-state index contributed by atoms with van der Waals surface area (Å²) >= 11 is 0. The number of aromatic nitrogens is 4. The van der Waals surface area contributed by atoms with E-state index >= 15 is 0 Å². The second-order valence-corrected chi connectivity index (χ2v) is 24.7. The Labute approximate surface area is 527 Å². The Balaban J connectivity index is 1.05. The Hall–Kier alpha value is -7.32. The number of fused-ring (bicyclic) bond motifs is 8. The number of rotatable bonds is 40. The Bertz CT molecular complexity index is 3340. The lowest BCUT2D eigenvalue weighted by atomic mass is 10.0. The zero-order chi connectivity index (χ0) is 60.8. The van der Waals surface area contributed by atoms with E-state index in [1.807, 2.05) is 12.1 Å². The maximum Gasteiger partial charge on any atom is 0.119 e. The van der Waals surface area contributed by atoms with E-state index in [0.717, 1.165) is 126 Å². The summed E-state index contributed by atoms with van der Waals surface area (Å²) in [5.41, 5.74) is 14.9. The predicted molar refractivity (Wildman–Crippen MR) is 374 cm³/mol. The number of H-pyrrole nitrogens is 2. The van der Waals surface area contributed by atoms with E-state index in [1.165, 1.54) is 173 Å². The summed E-state index contributed by atoms with van der Waals surface area (Å²) in [6.45, 7) is 8.97. The lowest BCUT2D eigenvalue weighted by molar-refractivity contribution is 0.304. The molecule has 466 valence electrons. The van der Waals surface area contributed by atoms with Crippen LogP contribution < -0.4 is 14.2 Å². The van der Waals surface area contributed by atoms with Crippen LogP contribution in [0.4, 0.5) is 0 Å². The van der Waals surface area contributed by atoms with Gasteiger partial charge in [-0.25, -0.2) is 9.97 Å². The monoisotopic (exact) mass is 1180 g/mol. The van der Waals surface area contributed by atoms with Gasteiger partial charge in [-0.05, 0) is 139 Å². The topological polar surface area (TPSA) is 105 Å². The average molecular weight is 1180 g/mol. The van der Waals surface area contributed by atoms with E-state index in [2.05, 4.69) is 152 Å². The summed E-state index contributed by atoms with van der Waals surface area (Å²) in [5, 5.41) is 10.5. The standard InChI is InChI=1S/C80H102N4O4/c1-4-7-10-13-16-19-22-25-28-31-58-86-66-44-36-62(37-45-66)78-71-52-50-69(81-71)77(61-34-42-65(85)43-35-61)70-51-53-72(82-70)79(63-38-46-67(47-39-63)87-59-32-29-26-23-20-17-14-11-8-5-2)74-55-57-76(84-74)80(75-56-54-73(78)83-75)64-40-48-68(49-41-64)88-60-33-30-27-24-21-18-15-12-9-6-3/h34-57,81,84-85H,4-33,58-60H2,1-3H3. The molecule has 0 aliphatic carbocycles. The highest BCUT2D eigenvalue weighted by Gasteiger charge is 2.20. The molecule has 3 aromatic heterocycles. The number of unbranched alkanes of at least 4 members (excludes halogenated alkanes) is 27. The first-order valence-electron chi connectivity index (χ1n) is 34.6. The van der Waals surface area contributed by atoms with Gasteiger partial charge < -0.3 is 29.3 Å². The number of phenolic OH excluding ortho intramolecular Hbond substituents is 1. The normalized spacial score (nSPS) is 11.9. The first-order chi connectivity index (χ1) is 43.5. The lowest BCUT2D eigenvalue weighted by Crippen LogP contribution is -1.97. The van der Waals surface area contributed by atoms with Crippen molar-refractivity contribution in [3.8, 4) is 67.5 Å². The molecule has 88 heavy (non-hydrogen) atoms. The number of phenols is 1. The van der Waals surface area contributed by atoms with Crippen molar-refractivity contribution in [2.24, 2.45) is 0 Å². The Morgan fingerprint density at radius 2 is 0.489 bits per heavy atom. The molecule has 0 amide bonds. The van der Waals surface area contributed by atoms with Gasteiger partial charge in [-0.3, -0.25) is 0 Å². The summed E-state index contributed by atoms with van der Waals surface area (Å²) in [5.74, 6) is 2.82. The van der Waals surface area contributed by atoms with E-state index in [9.17, 15) is 5.11 Å². The minimum absolute atomic E-state index is 0.208. The van der Waals surface area contributed by atoms with Gasteiger partial charge in [0, 0.05) is 44.3 Å². The smallest absolute Gasteiger partial charge is 0.119 e. The molecule has 5 heterocycles. The number of benzene rings is 4. The van der Waals surface area contributed by atoms with E-state index in [0.29, 0.717) is 19.8 Å². The highest BCUT2D eigenvalue weighted by Crippen LogP contribution is 2.40. The van der Waals surface area contributed by atoms with Crippen LogP contribution in [0.25, 0.3) is 90.9 Å². The molecule has 0 radical (unpaired) electrons. The highest BCUT2D eigenvalue weighted by atomic mass is 16.5. The summed E-state index contributed by atoms with van der Waals surface area (Å²) in [7, 11) is 0. The molecule has 8 heteroatoms. The molecule has 2 aliphatic rings. The van der Waals surface area contributed by atoms with Gasteiger partial charge in [0.05, 0.1) is 42.6 Å². The molecule has 0 saturated carbocycles. The lowest BCUT2D eigenvalue weighted by Gasteiger charge is -2.10. The van der Waals surface area contributed by atoms with Crippen LogP contribution in [-0.4, -0.2) is 44.9 Å². The predicted octanol–water partition coefficient (Wildman–Crippen LogP) is 23.9. The fraction of sp³-hybridized carbons (Fsp3) is 0.450. The zero-order valence-electron chi connectivity index (χ0n) is 53.8. The number of nitrogens with zero attached hydrogens (tertiary/aromatic N) is 2. The van der Waals surface area contributed by atoms with Crippen LogP contribution in [-0.2, 0) is 0 Å². The minimum atomic E-state index is 0.208. The summed E-state index contributed by atoms with van der Waals surface area (Å²) in [6.07, 6.45) is 47.4. The highest BCUT2D eigenvalue weighted by molar-refractivity contribution is 6.00. The van der Waals surface area contributed by atoms with Crippen molar-refractivity contribution in [3.05, 3.63) is 144 Å². The van der Waals surface area contributed by atoms with Crippen molar-refractivity contribution < 1.29 is 19.3 Å². The number of aromatic amines is 2. The SMILES string of the molecule is CCCCCCCCCCCCOc1ccc(-c2c3nc(c(-c4ccc(OCCCCCCCCCCCC)cc4)c4ccc([nH]4)c(-c4ccc(OCCCCCCCCCCCC)cc4)c4nc(c(-c5ccc(O)cc5)c5ccc2[nH]5)C=C4)C=C3)cc1. The van der Waals surface area contributed by atoms with E-state index < -0.39 is 0 Å². The van der Waals surface area contributed by atoms with Crippen molar-refractivity contribution in [3.63, 3.8) is 0 Å². The van der Waals surface area contributed by atoms with Gasteiger partial charge in [-0.2, -0.15) is 0 Å². The second-order valence-electron chi connectivity index (χ2n) is 24.7. The summed E-state index contributed by atoms with van der Waals surface area (Å²) in [6, 6.07) is 41.7. The van der Waals surface area contributed by atoms with Gasteiger partial charge in [0.2, 0.25) is 0 Å². The molecule has 8 bridgehead atoms. The van der Waals surface area contributed by atoms with Crippen molar-refractivity contribution in [1.29, 1.82) is 0 Å². The molecule has 0 spiro atoms. The van der Waals surface area contributed by atoms with Gasteiger partial charge in [-0.1, -0.05) is 243 Å². The molecule has 0 atom stereocenters. The number of hydrogen-bond acceptors (Lipinski definition) is 6. The summed E-state index contributed by atoms with van der Waals surface area (Å²) < 4.78 is 19.1. The molecule has 2 aliphatic heterocycles. The first kappa shape index (κ1) is 65.1. The van der Waals surface area contributed by atoms with Crippen molar-refractivity contribution >= 4 is 46.4 Å². The molecule has 9 rings (SSSR count).